The Balaban J connectivity index is 2.32. The van der Waals surface area contributed by atoms with Crippen molar-refractivity contribution in [2.24, 2.45) is 4.99 Å². The van der Waals surface area contributed by atoms with Gasteiger partial charge < -0.3 is 14.2 Å². The first-order chi connectivity index (χ1) is 8.91. The fourth-order valence-corrected chi connectivity index (χ4v) is 1.43. The highest BCUT2D eigenvalue weighted by Crippen LogP contribution is 2.20. The smallest absolute Gasteiger partial charge is 0.367 e. The second-order valence-corrected chi connectivity index (χ2v) is 4.18. The molecular weight excluding hydrogens is 252 g/mol. The number of nitrogens with zero attached hydrogens (tertiary/aromatic N) is 2. The zero-order valence-corrected chi connectivity index (χ0v) is 10.7. The zero-order valence-electron chi connectivity index (χ0n) is 10.7. The molecule has 7 heteroatoms. The van der Waals surface area contributed by atoms with E-state index in [4.69, 9.17) is 14.2 Å². The number of pyridine rings is 1. The van der Waals surface area contributed by atoms with Gasteiger partial charge in [-0.3, -0.25) is 0 Å². The van der Waals surface area contributed by atoms with Gasteiger partial charge in [-0.15, -0.1) is 0 Å². The maximum absolute atomic E-state index is 11.7. The third-order valence-electron chi connectivity index (χ3n) is 2.21. The van der Waals surface area contributed by atoms with Crippen LogP contribution in [0, 0.1) is 0 Å². The third-order valence-corrected chi connectivity index (χ3v) is 2.21. The molecule has 0 radical (unpaired) electrons. The van der Waals surface area contributed by atoms with Crippen molar-refractivity contribution in [3.63, 3.8) is 0 Å². The standard InChI is InChI=1S/C12H12N2O5/c1-12(2)18-10(15)9(11(16)19-12)14-7-5-4-6-8(13-7)17-3/h4-6H,1-3H3. The van der Waals surface area contributed by atoms with E-state index in [9.17, 15) is 9.59 Å². The molecule has 0 aromatic carbocycles. The van der Waals surface area contributed by atoms with Crippen molar-refractivity contribution in [3.8, 4) is 5.88 Å². The van der Waals surface area contributed by atoms with Crippen molar-refractivity contribution in [3.05, 3.63) is 18.2 Å². The van der Waals surface area contributed by atoms with Crippen molar-refractivity contribution in [2.75, 3.05) is 7.11 Å². The van der Waals surface area contributed by atoms with E-state index in [1.807, 2.05) is 0 Å². The molecule has 1 aromatic rings. The summed E-state index contributed by atoms with van der Waals surface area (Å²) in [5.41, 5.74) is -0.444. The maximum Gasteiger partial charge on any atom is 0.367 e. The van der Waals surface area contributed by atoms with Gasteiger partial charge in [0, 0.05) is 19.9 Å². The largest absolute Gasteiger partial charge is 0.481 e. The van der Waals surface area contributed by atoms with E-state index in [-0.39, 0.29) is 5.82 Å². The van der Waals surface area contributed by atoms with Gasteiger partial charge in [-0.25, -0.2) is 14.6 Å². The van der Waals surface area contributed by atoms with Crippen molar-refractivity contribution in [2.45, 2.75) is 19.6 Å². The summed E-state index contributed by atoms with van der Waals surface area (Å²) in [4.78, 5) is 31.1. The molecule has 1 aromatic heterocycles. The monoisotopic (exact) mass is 264 g/mol. The number of hydrogen-bond acceptors (Lipinski definition) is 7. The lowest BCUT2D eigenvalue weighted by molar-refractivity contribution is -0.214. The molecule has 0 aliphatic carbocycles. The zero-order chi connectivity index (χ0) is 14.0. The molecule has 19 heavy (non-hydrogen) atoms. The van der Waals surface area contributed by atoms with Gasteiger partial charge in [0.1, 0.15) is 0 Å². The predicted molar refractivity (Wildman–Crippen MR) is 64.1 cm³/mol. The van der Waals surface area contributed by atoms with Crippen molar-refractivity contribution in [1.29, 1.82) is 0 Å². The Bertz CT molecular complexity index is 543. The summed E-state index contributed by atoms with van der Waals surface area (Å²) in [7, 11) is 1.45. The van der Waals surface area contributed by atoms with Crippen molar-refractivity contribution in [1.82, 2.24) is 4.98 Å². The number of cyclic esters (lactones) is 2. The lowest BCUT2D eigenvalue weighted by atomic mass is 10.3. The first-order valence-corrected chi connectivity index (χ1v) is 5.48. The Morgan fingerprint density at radius 1 is 1.21 bits per heavy atom. The Hall–Kier alpha value is -2.44. The fraction of sp³-hybridized carbons (Fsp3) is 0.333. The topological polar surface area (TPSA) is 87.1 Å². The summed E-state index contributed by atoms with van der Waals surface area (Å²) < 4.78 is 14.7. The summed E-state index contributed by atoms with van der Waals surface area (Å²) in [5.74, 6) is -2.49. The molecule has 0 saturated carbocycles. The number of carbonyl (C=O) groups is 2. The highest BCUT2D eigenvalue weighted by atomic mass is 16.7. The first-order valence-electron chi connectivity index (χ1n) is 5.48. The molecule has 100 valence electrons. The minimum absolute atomic E-state index is 0.156. The van der Waals surface area contributed by atoms with E-state index >= 15 is 0 Å². The van der Waals surface area contributed by atoms with Crippen molar-refractivity contribution < 1.29 is 23.8 Å². The highest BCUT2D eigenvalue weighted by molar-refractivity contribution is 6.63. The van der Waals surface area contributed by atoms with Crippen LogP contribution < -0.4 is 4.74 Å². The first kappa shape index (κ1) is 13.0. The molecule has 1 fully saturated rings. The van der Waals surface area contributed by atoms with Crippen LogP contribution in [0.2, 0.25) is 0 Å². The normalized spacial score (nSPS) is 17.5. The molecule has 0 atom stereocenters. The number of rotatable bonds is 2. The van der Waals surface area contributed by atoms with Crippen LogP contribution in [0.25, 0.3) is 0 Å². The number of ether oxygens (including phenoxy) is 3. The molecule has 2 heterocycles. The average molecular weight is 264 g/mol. The van der Waals surface area contributed by atoms with Gasteiger partial charge in [-0.1, -0.05) is 6.07 Å². The van der Waals surface area contributed by atoms with Crippen LogP contribution in [0.5, 0.6) is 5.88 Å². The lowest BCUT2D eigenvalue weighted by Gasteiger charge is -2.28. The van der Waals surface area contributed by atoms with E-state index in [1.165, 1.54) is 27.0 Å². The molecule has 0 bridgehead atoms. The Morgan fingerprint density at radius 2 is 1.84 bits per heavy atom. The summed E-state index contributed by atoms with van der Waals surface area (Å²) in [5, 5.41) is 0. The van der Waals surface area contributed by atoms with Gasteiger partial charge in [0.05, 0.1) is 7.11 Å². The van der Waals surface area contributed by atoms with Gasteiger partial charge in [-0.2, -0.15) is 4.98 Å². The number of carbonyl (C=O) groups excluding carboxylic acids is 2. The predicted octanol–water partition coefficient (Wildman–Crippen LogP) is 0.999. The molecule has 0 unspecified atom stereocenters. The molecule has 1 saturated heterocycles. The number of aliphatic imine (C=N–C) groups is 1. The summed E-state index contributed by atoms with van der Waals surface area (Å²) in [6.45, 7) is 2.92. The highest BCUT2D eigenvalue weighted by Gasteiger charge is 2.40. The number of hydrogen-bond donors (Lipinski definition) is 0. The Kier molecular flexibility index (Phi) is 3.20. The molecule has 2 rings (SSSR count). The van der Waals surface area contributed by atoms with E-state index < -0.39 is 23.4 Å². The third kappa shape index (κ3) is 2.87. The molecule has 1 aliphatic heterocycles. The van der Waals surface area contributed by atoms with E-state index in [0.717, 1.165) is 0 Å². The molecule has 1 aliphatic rings. The summed E-state index contributed by atoms with van der Waals surface area (Å²) in [6.07, 6.45) is 0. The second kappa shape index (κ2) is 4.68. The average Bonchev–Trinajstić information content (AvgIpc) is 2.33. The molecule has 0 spiro atoms. The Morgan fingerprint density at radius 3 is 2.42 bits per heavy atom. The van der Waals surface area contributed by atoms with Gasteiger partial charge in [0.25, 0.3) is 5.79 Å². The van der Waals surface area contributed by atoms with E-state index in [2.05, 4.69) is 9.98 Å². The number of methoxy groups -OCH3 is 1. The van der Waals surface area contributed by atoms with E-state index in [0.29, 0.717) is 5.88 Å². The fourth-order valence-electron chi connectivity index (χ4n) is 1.43. The van der Waals surface area contributed by atoms with Crippen molar-refractivity contribution >= 4 is 23.5 Å². The number of esters is 2. The van der Waals surface area contributed by atoms with Crippen LogP contribution >= 0.6 is 0 Å². The molecule has 0 N–H and O–H groups in total. The van der Waals surface area contributed by atoms with Gasteiger partial charge >= 0.3 is 11.9 Å². The Labute approximate surface area is 109 Å². The summed E-state index contributed by atoms with van der Waals surface area (Å²) >= 11 is 0. The van der Waals surface area contributed by atoms with Gasteiger partial charge in [0.2, 0.25) is 11.6 Å². The van der Waals surface area contributed by atoms with Crippen LogP contribution in [0.1, 0.15) is 13.8 Å². The van der Waals surface area contributed by atoms with Gasteiger partial charge in [0.15, 0.2) is 5.82 Å². The molecular formula is C12H12N2O5. The van der Waals surface area contributed by atoms with Crippen LogP contribution in [0.3, 0.4) is 0 Å². The SMILES string of the molecule is COc1cccc(N=C2C(=O)OC(C)(C)OC2=O)n1. The van der Waals surface area contributed by atoms with Crippen LogP contribution in [-0.4, -0.2) is 35.5 Å². The minimum Gasteiger partial charge on any atom is -0.481 e. The van der Waals surface area contributed by atoms with Crippen LogP contribution in [0.4, 0.5) is 5.82 Å². The quantitative estimate of drug-likeness (QED) is 0.740. The maximum atomic E-state index is 11.7. The van der Waals surface area contributed by atoms with E-state index in [1.54, 1.807) is 12.1 Å². The lowest BCUT2D eigenvalue weighted by Crippen LogP contribution is -2.46. The minimum atomic E-state index is -1.28. The van der Waals surface area contributed by atoms with Crippen LogP contribution in [-0.2, 0) is 19.1 Å². The second-order valence-electron chi connectivity index (χ2n) is 4.18. The van der Waals surface area contributed by atoms with Gasteiger partial charge in [-0.05, 0) is 6.07 Å². The van der Waals surface area contributed by atoms with Crippen LogP contribution in [0.15, 0.2) is 23.2 Å². The molecule has 7 nitrogen and oxygen atoms in total. The summed E-state index contributed by atoms with van der Waals surface area (Å²) in [6, 6.07) is 4.77. The molecule has 0 amide bonds. The number of aromatic nitrogens is 1.